The number of hydrogen-bond donors (Lipinski definition) is 2. The molecule has 2 aromatic heterocycles. The number of Topliss-reactive ketones (excluding diaryl/α,β-unsaturated/α-hetero) is 1. The predicted molar refractivity (Wildman–Crippen MR) is 127 cm³/mol. The molecule has 0 bridgehead atoms. The molecule has 1 fully saturated rings. The van der Waals surface area contributed by atoms with Crippen LogP contribution in [0.3, 0.4) is 0 Å². The molecule has 0 saturated carbocycles. The number of aliphatic hydroxyl groups excluding tert-OH is 1. The number of anilines is 1. The van der Waals surface area contributed by atoms with Crippen molar-refractivity contribution >= 4 is 17.5 Å². The molecule has 0 spiro atoms. The van der Waals surface area contributed by atoms with Gasteiger partial charge in [0.15, 0.2) is 6.61 Å². The number of pyridine rings is 2. The molecular weight excluding hydrogens is 477 g/mol. The molecule has 1 saturated heterocycles. The van der Waals surface area contributed by atoms with Crippen molar-refractivity contribution in [1.29, 1.82) is 0 Å². The molecule has 3 rings (SSSR count). The third-order valence-electron chi connectivity index (χ3n) is 5.93. The van der Waals surface area contributed by atoms with Crippen molar-refractivity contribution in [3.63, 3.8) is 0 Å². The number of piperidine rings is 1. The quantitative estimate of drug-likeness (QED) is 0.533. The summed E-state index contributed by atoms with van der Waals surface area (Å²) in [6, 6.07) is 5.69. The van der Waals surface area contributed by atoms with Crippen LogP contribution in [0.2, 0.25) is 0 Å². The Hall–Kier alpha value is -3.21. The third-order valence-corrected chi connectivity index (χ3v) is 5.93. The average Bonchev–Trinajstić information content (AvgIpc) is 2.82. The summed E-state index contributed by atoms with van der Waals surface area (Å²) in [6.07, 6.45) is -2.33. The van der Waals surface area contributed by atoms with Crippen LogP contribution < -0.4 is 15.0 Å². The smallest absolute Gasteiger partial charge is 0.422 e. The maximum absolute atomic E-state index is 13.2. The van der Waals surface area contributed by atoms with Crippen LogP contribution in [0.5, 0.6) is 5.88 Å². The monoisotopic (exact) mass is 508 g/mol. The highest BCUT2D eigenvalue weighted by Crippen LogP contribution is 2.27. The summed E-state index contributed by atoms with van der Waals surface area (Å²) in [4.78, 5) is 35.5. The molecule has 36 heavy (non-hydrogen) atoms. The number of nitrogens with zero attached hydrogens (tertiary/aromatic N) is 3. The standard InChI is InChI=1S/C25H31F3N4O4/c1-15(2)21(34)13-18-12-17(6-9-29-18)16(3)30-24(35)20-4-5-22(36-14-25(26,27)28)31-23(20)32-10-7-19(33)8-11-32/h4-6,9,12,15-16,19,33H,7-8,10-11,13-14H2,1-3H3,(H,30,35). The van der Waals surface area contributed by atoms with Gasteiger partial charge in [-0.15, -0.1) is 0 Å². The van der Waals surface area contributed by atoms with E-state index in [1.165, 1.54) is 12.1 Å². The third kappa shape index (κ3) is 7.64. The number of ketones is 1. The van der Waals surface area contributed by atoms with E-state index in [1.54, 1.807) is 30.2 Å². The molecule has 0 radical (unpaired) electrons. The van der Waals surface area contributed by atoms with Gasteiger partial charge in [0, 0.05) is 43.4 Å². The molecule has 0 aromatic carbocycles. The Balaban J connectivity index is 1.80. The lowest BCUT2D eigenvalue weighted by Crippen LogP contribution is -2.38. The van der Waals surface area contributed by atoms with E-state index in [1.807, 2.05) is 13.8 Å². The van der Waals surface area contributed by atoms with Gasteiger partial charge < -0.3 is 20.1 Å². The summed E-state index contributed by atoms with van der Waals surface area (Å²) in [5.41, 5.74) is 1.54. The van der Waals surface area contributed by atoms with Crippen molar-refractivity contribution in [2.24, 2.45) is 5.92 Å². The van der Waals surface area contributed by atoms with Gasteiger partial charge in [0.25, 0.3) is 5.91 Å². The number of hydrogen-bond acceptors (Lipinski definition) is 7. The van der Waals surface area contributed by atoms with Gasteiger partial charge in [-0.1, -0.05) is 13.8 Å². The summed E-state index contributed by atoms with van der Waals surface area (Å²) in [7, 11) is 0. The highest BCUT2D eigenvalue weighted by atomic mass is 19.4. The van der Waals surface area contributed by atoms with Crippen LogP contribution >= 0.6 is 0 Å². The number of ether oxygens (including phenoxy) is 1. The van der Waals surface area contributed by atoms with Gasteiger partial charge in [-0.2, -0.15) is 18.2 Å². The van der Waals surface area contributed by atoms with Crippen LogP contribution in [0.25, 0.3) is 0 Å². The number of rotatable bonds is 9. The summed E-state index contributed by atoms with van der Waals surface area (Å²) < 4.78 is 42.6. The lowest BCUT2D eigenvalue weighted by molar-refractivity contribution is -0.154. The first-order valence-corrected chi connectivity index (χ1v) is 11.8. The maximum Gasteiger partial charge on any atom is 0.422 e. The molecule has 2 aromatic rings. The zero-order valence-electron chi connectivity index (χ0n) is 20.5. The lowest BCUT2D eigenvalue weighted by atomic mass is 10.0. The molecule has 3 heterocycles. The van der Waals surface area contributed by atoms with Crippen LogP contribution in [0.4, 0.5) is 19.0 Å². The van der Waals surface area contributed by atoms with Crippen molar-refractivity contribution < 1.29 is 32.6 Å². The second-order valence-corrected chi connectivity index (χ2v) is 9.22. The van der Waals surface area contributed by atoms with E-state index in [9.17, 15) is 27.9 Å². The van der Waals surface area contributed by atoms with E-state index in [0.717, 1.165) is 5.56 Å². The highest BCUT2D eigenvalue weighted by molar-refractivity contribution is 5.99. The first-order chi connectivity index (χ1) is 16.9. The van der Waals surface area contributed by atoms with E-state index < -0.39 is 30.8 Å². The zero-order valence-corrected chi connectivity index (χ0v) is 20.5. The fraction of sp³-hybridized carbons (Fsp3) is 0.520. The van der Waals surface area contributed by atoms with E-state index in [4.69, 9.17) is 4.74 Å². The van der Waals surface area contributed by atoms with Gasteiger partial charge in [0.05, 0.1) is 17.7 Å². The minimum atomic E-state index is -4.52. The number of alkyl halides is 3. The summed E-state index contributed by atoms with van der Waals surface area (Å²) >= 11 is 0. The van der Waals surface area contributed by atoms with Gasteiger partial charge in [0.2, 0.25) is 5.88 Å². The molecule has 1 amide bonds. The van der Waals surface area contributed by atoms with Gasteiger partial charge in [0.1, 0.15) is 11.6 Å². The van der Waals surface area contributed by atoms with Crippen LogP contribution in [0, 0.1) is 5.92 Å². The number of nitrogens with one attached hydrogen (secondary N) is 1. The van der Waals surface area contributed by atoms with Gasteiger partial charge >= 0.3 is 6.18 Å². The number of amides is 1. The Morgan fingerprint density at radius 1 is 1.19 bits per heavy atom. The molecule has 1 unspecified atom stereocenters. The molecular formula is C25H31F3N4O4. The number of aromatic nitrogens is 2. The topological polar surface area (TPSA) is 105 Å². The molecule has 1 aliphatic rings. The van der Waals surface area contributed by atoms with Crippen LogP contribution in [0.1, 0.15) is 61.3 Å². The van der Waals surface area contributed by atoms with Crippen molar-refractivity contribution in [3.05, 3.63) is 47.3 Å². The fourth-order valence-corrected chi connectivity index (χ4v) is 3.77. The Morgan fingerprint density at radius 3 is 2.53 bits per heavy atom. The number of halogens is 3. The number of aliphatic hydroxyl groups is 1. The predicted octanol–water partition coefficient (Wildman–Crippen LogP) is 3.64. The molecule has 8 nitrogen and oxygen atoms in total. The molecule has 2 N–H and O–H groups in total. The first-order valence-electron chi connectivity index (χ1n) is 11.8. The largest absolute Gasteiger partial charge is 0.468 e. The van der Waals surface area contributed by atoms with E-state index in [2.05, 4.69) is 15.3 Å². The first kappa shape index (κ1) is 27.4. The van der Waals surface area contributed by atoms with Crippen LogP contribution in [0.15, 0.2) is 30.5 Å². The fourth-order valence-electron chi connectivity index (χ4n) is 3.77. The molecule has 11 heteroatoms. The van der Waals surface area contributed by atoms with E-state index in [0.29, 0.717) is 31.6 Å². The van der Waals surface area contributed by atoms with E-state index >= 15 is 0 Å². The second-order valence-electron chi connectivity index (χ2n) is 9.22. The minimum absolute atomic E-state index is 0.0616. The van der Waals surface area contributed by atoms with Gasteiger partial charge in [-0.3, -0.25) is 14.6 Å². The summed E-state index contributed by atoms with van der Waals surface area (Å²) in [6.45, 7) is 4.72. The van der Waals surface area contributed by atoms with Crippen molar-refractivity contribution in [3.8, 4) is 5.88 Å². The Bertz CT molecular complexity index is 1070. The Morgan fingerprint density at radius 2 is 1.89 bits per heavy atom. The molecule has 1 atom stereocenters. The molecule has 1 aliphatic heterocycles. The lowest BCUT2D eigenvalue weighted by Gasteiger charge is -2.32. The Labute approximate surface area is 207 Å². The average molecular weight is 509 g/mol. The van der Waals surface area contributed by atoms with Crippen LogP contribution in [-0.2, 0) is 11.2 Å². The SMILES string of the molecule is CC(C)C(=O)Cc1cc(C(C)NC(=O)c2ccc(OCC(F)(F)F)nc2N2CCC(O)CC2)ccn1. The summed E-state index contributed by atoms with van der Waals surface area (Å²) in [5, 5.41) is 12.7. The summed E-state index contributed by atoms with van der Waals surface area (Å²) in [5.74, 6) is -0.560. The molecule has 196 valence electrons. The van der Waals surface area contributed by atoms with Crippen molar-refractivity contribution in [1.82, 2.24) is 15.3 Å². The van der Waals surface area contributed by atoms with Crippen LogP contribution in [-0.4, -0.2) is 58.7 Å². The number of carbonyl (C=O) groups is 2. The molecule has 0 aliphatic carbocycles. The Kier molecular flexibility index (Phi) is 8.89. The number of carbonyl (C=O) groups excluding carboxylic acids is 2. The van der Waals surface area contributed by atoms with Gasteiger partial charge in [-0.25, -0.2) is 0 Å². The highest BCUT2D eigenvalue weighted by Gasteiger charge is 2.30. The van der Waals surface area contributed by atoms with Gasteiger partial charge in [-0.05, 0) is 43.5 Å². The van der Waals surface area contributed by atoms with Crippen molar-refractivity contribution in [2.75, 3.05) is 24.6 Å². The van der Waals surface area contributed by atoms with E-state index in [-0.39, 0.29) is 35.4 Å². The second kappa shape index (κ2) is 11.7. The maximum atomic E-state index is 13.2. The van der Waals surface area contributed by atoms with Crippen molar-refractivity contribution in [2.45, 2.75) is 58.4 Å². The minimum Gasteiger partial charge on any atom is -0.468 e. The zero-order chi connectivity index (χ0) is 26.5. The normalized spacial score (nSPS) is 15.6.